The van der Waals surface area contributed by atoms with Crippen LogP contribution in [0, 0.1) is 0 Å². The van der Waals surface area contributed by atoms with Crippen LogP contribution >= 0.6 is 0 Å². The Morgan fingerprint density at radius 3 is 2.24 bits per heavy atom. The molecule has 0 fully saturated rings. The van der Waals surface area contributed by atoms with Gasteiger partial charge in [-0.25, -0.2) is 4.79 Å². The zero-order valence-corrected chi connectivity index (χ0v) is 15.5. The van der Waals surface area contributed by atoms with Crippen LogP contribution in [0.1, 0.15) is 50.2 Å². The van der Waals surface area contributed by atoms with Crippen molar-refractivity contribution >= 4 is 6.09 Å². The molecule has 0 heterocycles. The average Bonchev–Trinajstić information content (AvgIpc) is 2.60. The van der Waals surface area contributed by atoms with Crippen molar-refractivity contribution in [3.63, 3.8) is 0 Å². The maximum absolute atomic E-state index is 12.1. The Balaban J connectivity index is 2.87. The van der Waals surface area contributed by atoms with Crippen LogP contribution in [0.4, 0.5) is 9.18 Å². The van der Waals surface area contributed by atoms with Crippen LogP contribution in [0.5, 0.6) is 11.5 Å². The number of aryl methyl sites for hydroxylation is 1. The normalized spacial score (nSPS) is 11.8. The number of methoxy groups -OCH3 is 2. The van der Waals surface area contributed by atoms with Crippen LogP contribution in [0.3, 0.4) is 0 Å². The molecule has 142 valence electrons. The molecular weight excluding hydrogens is 325 g/mol. The molecular formula is C19H30FNO4. The molecule has 0 saturated heterocycles. The van der Waals surface area contributed by atoms with Crippen LogP contribution in [0.2, 0.25) is 0 Å². The van der Waals surface area contributed by atoms with Gasteiger partial charge in [0.1, 0.15) is 17.6 Å². The maximum atomic E-state index is 12.1. The van der Waals surface area contributed by atoms with E-state index in [0.717, 1.165) is 48.3 Å². The van der Waals surface area contributed by atoms with Gasteiger partial charge >= 0.3 is 6.09 Å². The number of alkyl halides is 1. The number of carbonyl (C=O) groups excluding carboxylic acids is 1. The van der Waals surface area contributed by atoms with Gasteiger partial charge in [-0.1, -0.05) is 19.8 Å². The standard InChI is InChI=1S/C19H30FNO4/c1-4-16(25-19(21)22)11-15-13-17(23-2)14(12-18(15)24-3)9-7-5-6-8-10-20/h12-13,16H,4-11H2,1-3H3,(H2,21,22). The molecule has 1 unspecified atom stereocenters. The second-order valence-corrected chi connectivity index (χ2v) is 6.00. The van der Waals surface area contributed by atoms with Crippen molar-refractivity contribution in [3.05, 3.63) is 23.3 Å². The zero-order valence-electron chi connectivity index (χ0n) is 15.5. The van der Waals surface area contributed by atoms with E-state index in [-0.39, 0.29) is 12.8 Å². The number of ether oxygens (including phenoxy) is 3. The lowest BCUT2D eigenvalue weighted by atomic mass is 9.99. The van der Waals surface area contributed by atoms with E-state index in [0.29, 0.717) is 19.3 Å². The Labute approximate surface area is 149 Å². The summed E-state index contributed by atoms with van der Waals surface area (Å²) in [4.78, 5) is 11.0. The first-order chi connectivity index (χ1) is 12.0. The van der Waals surface area contributed by atoms with Gasteiger partial charge in [-0.2, -0.15) is 0 Å². The number of benzene rings is 1. The van der Waals surface area contributed by atoms with Crippen LogP contribution in [-0.2, 0) is 17.6 Å². The maximum Gasteiger partial charge on any atom is 0.404 e. The summed E-state index contributed by atoms with van der Waals surface area (Å²) in [5.74, 6) is 1.53. The van der Waals surface area contributed by atoms with Crippen molar-refractivity contribution in [3.8, 4) is 11.5 Å². The van der Waals surface area contributed by atoms with Crippen LogP contribution in [0.25, 0.3) is 0 Å². The van der Waals surface area contributed by atoms with E-state index in [1.165, 1.54) is 0 Å². The topological polar surface area (TPSA) is 70.8 Å². The van der Waals surface area contributed by atoms with E-state index in [1.54, 1.807) is 14.2 Å². The smallest absolute Gasteiger partial charge is 0.404 e. The highest BCUT2D eigenvalue weighted by Gasteiger charge is 2.17. The molecule has 0 saturated carbocycles. The van der Waals surface area contributed by atoms with Crippen LogP contribution in [0.15, 0.2) is 12.1 Å². The van der Waals surface area contributed by atoms with Gasteiger partial charge < -0.3 is 19.9 Å². The fourth-order valence-corrected chi connectivity index (χ4v) is 2.82. The van der Waals surface area contributed by atoms with Gasteiger partial charge in [0.05, 0.1) is 20.9 Å². The fraction of sp³-hybridized carbons (Fsp3) is 0.632. The molecule has 1 amide bonds. The van der Waals surface area contributed by atoms with Crippen molar-refractivity contribution < 1.29 is 23.4 Å². The number of halogens is 1. The number of unbranched alkanes of at least 4 members (excludes halogenated alkanes) is 3. The highest BCUT2D eigenvalue weighted by atomic mass is 19.1. The Hall–Kier alpha value is -1.98. The van der Waals surface area contributed by atoms with Gasteiger partial charge in [-0.3, -0.25) is 4.39 Å². The average molecular weight is 355 g/mol. The molecule has 2 N–H and O–H groups in total. The second-order valence-electron chi connectivity index (χ2n) is 6.00. The molecule has 0 aliphatic carbocycles. The Bertz CT molecular complexity index is 536. The molecule has 0 spiro atoms. The predicted molar refractivity (Wildman–Crippen MR) is 96.1 cm³/mol. The van der Waals surface area contributed by atoms with Gasteiger partial charge in [0.15, 0.2) is 0 Å². The van der Waals surface area contributed by atoms with Gasteiger partial charge in [0.2, 0.25) is 0 Å². The van der Waals surface area contributed by atoms with Gasteiger partial charge in [0.25, 0.3) is 0 Å². The number of amides is 1. The van der Waals surface area contributed by atoms with Crippen molar-refractivity contribution in [2.24, 2.45) is 5.73 Å². The minimum Gasteiger partial charge on any atom is -0.496 e. The molecule has 0 aliphatic heterocycles. The molecule has 1 aromatic rings. The highest BCUT2D eigenvalue weighted by molar-refractivity contribution is 5.64. The minimum atomic E-state index is -0.775. The summed E-state index contributed by atoms with van der Waals surface area (Å²) in [7, 11) is 3.25. The van der Waals surface area contributed by atoms with Crippen molar-refractivity contribution in [1.29, 1.82) is 0 Å². The van der Waals surface area contributed by atoms with E-state index in [1.807, 2.05) is 19.1 Å². The Morgan fingerprint density at radius 2 is 1.68 bits per heavy atom. The molecule has 0 aliphatic rings. The lowest BCUT2D eigenvalue weighted by molar-refractivity contribution is 0.104. The lowest BCUT2D eigenvalue weighted by Gasteiger charge is -2.19. The Morgan fingerprint density at radius 1 is 1.08 bits per heavy atom. The van der Waals surface area contributed by atoms with Gasteiger partial charge in [-0.05, 0) is 43.4 Å². The van der Waals surface area contributed by atoms with Gasteiger partial charge in [-0.15, -0.1) is 0 Å². The minimum absolute atomic E-state index is 0.252. The summed E-state index contributed by atoms with van der Waals surface area (Å²) in [6.45, 7) is 1.68. The number of rotatable bonds is 12. The molecule has 1 atom stereocenters. The van der Waals surface area contributed by atoms with E-state index < -0.39 is 6.09 Å². The molecule has 1 rings (SSSR count). The summed E-state index contributed by atoms with van der Waals surface area (Å²) in [5.41, 5.74) is 7.10. The summed E-state index contributed by atoms with van der Waals surface area (Å²) < 4.78 is 28.3. The summed E-state index contributed by atoms with van der Waals surface area (Å²) in [5, 5.41) is 0. The second kappa shape index (κ2) is 11.6. The Kier molecular flexibility index (Phi) is 9.73. The third-order valence-corrected chi connectivity index (χ3v) is 4.20. The lowest BCUT2D eigenvalue weighted by Crippen LogP contribution is -2.24. The third-order valence-electron chi connectivity index (χ3n) is 4.20. The van der Waals surface area contributed by atoms with Gasteiger partial charge in [0, 0.05) is 12.0 Å². The number of carbonyl (C=O) groups is 1. The first kappa shape index (κ1) is 21.1. The number of nitrogens with two attached hydrogens (primary N) is 1. The molecule has 1 aromatic carbocycles. The monoisotopic (exact) mass is 355 g/mol. The highest BCUT2D eigenvalue weighted by Crippen LogP contribution is 2.31. The van der Waals surface area contributed by atoms with Crippen LogP contribution in [-0.4, -0.2) is 33.1 Å². The first-order valence-corrected chi connectivity index (χ1v) is 8.81. The molecule has 0 radical (unpaired) electrons. The van der Waals surface area contributed by atoms with E-state index in [4.69, 9.17) is 19.9 Å². The largest absolute Gasteiger partial charge is 0.496 e. The molecule has 6 heteroatoms. The first-order valence-electron chi connectivity index (χ1n) is 8.81. The number of primary amides is 1. The molecule has 0 aromatic heterocycles. The van der Waals surface area contributed by atoms with Crippen LogP contribution < -0.4 is 15.2 Å². The fourth-order valence-electron chi connectivity index (χ4n) is 2.82. The predicted octanol–water partition coefficient (Wildman–Crippen LogP) is 4.19. The molecule has 0 bridgehead atoms. The summed E-state index contributed by atoms with van der Waals surface area (Å²) in [6.07, 6.45) is 4.42. The number of hydrogen-bond acceptors (Lipinski definition) is 4. The summed E-state index contributed by atoms with van der Waals surface area (Å²) >= 11 is 0. The zero-order chi connectivity index (χ0) is 18.7. The SMILES string of the molecule is CCC(Cc1cc(OC)c(CCCCCCF)cc1OC)OC(N)=O. The van der Waals surface area contributed by atoms with E-state index >= 15 is 0 Å². The molecule has 25 heavy (non-hydrogen) atoms. The van der Waals surface area contributed by atoms with E-state index in [9.17, 15) is 9.18 Å². The molecule has 5 nitrogen and oxygen atoms in total. The quantitative estimate of drug-likeness (QED) is 0.571. The van der Waals surface area contributed by atoms with E-state index in [2.05, 4.69) is 0 Å². The van der Waals surface area contributed by atoms with Crippen molar-refractivity contribution in [2.75, 3.05) is 20.9 Å². The number of hydrogen-bond donors (Lipinski definition) is 1. The third kappa shape index (κ3) is 7.20. The van der Waals surface area contributed by atoms with Crippen molar-refractivity contribution in [2.45, 2.75) is 58.0 Å². The van der Waals surface area contributed by atoms with Crippen molar-refractivity contribution in [1.82, 2.24) is 0 Å². The summed E-state index contributed by atoms with van der Waals surface area (Å²) in [6, 6.07) is 3.91.